The fourth-order valence-corrected chi connectivity index (χ4v) is 1.94. The van der Waals surface area contributed by atoms with Crippen LogP contribution in [0.1, 0.15) is 42.4 Å². The average molecular weight is 259 g/mol. The van der Waals surface area contributed by atoms with Gasteiger partial charge in [0.05, 0.1) is 5.69 Å². The Kier molecular flexibility index (Phi) is 3.18. The van der Waals surface area contributed by atoms with Crippen LogP contribution in [0.15, 0.2) is 28.8 Å². The van der Waals surface area contributed by atoms with E-state index in [1.165, 1.54) is 5.56 Å². The number of rotatable bonds is 2. The molecule has 1 aromatic carbocycles. The third-order valence-corrected chi connectivity index (χ3v) is 3.09. The first kappa shape index (κ1) is 13.3. The molecule has 0 fully saturated rings. The van der Waals surface area contributed by atoms with Gasteiger partial charge in [0.15, 0.2) is 5.76 Å². The molecule has 0 amide bonds. The topological polar surface area (TPSA) is 63.3 Å². The second-order valence-electron chi connectivity index (χ2n) is 5.60. The maximum Gasteiger partial charge on any atom is 0.341 e. The number of benzene rings is 1. The molecule has 0 aliphatic heterocycles. The number of aryl methyl sites for hydroxylation is 1. The van der Waals surface area contributed by atoms with Crippen LogP contribution >= 0.6 is 0 Å². The van der Waals surface area contributed by atoms with Crippen molar-refractivity contribution in [1.29, 1.82) is 0 Å². The zero-order chi connectivity index (χ0) is 14.2. The Morgan fingerprint density at radius 1 is 1.21 bits per heavy atom. The predicted octanol–water partition coefficient (Wildman–Crippen LogP) is 3.65. The number of hydrogen-bond acceptors (Lipinski definition) is 3. The van der Waals surface area contributed by atoms with Gasteiger partial charge in [-0.25, -0.2) is 4.79 Å². The molecule has 0 unspecified atom stereocenters. The van der Waals surface area contributed by atoms with Gasteiger partial charge >= 0.3 is 5.97 Å². The van der Waals surface area contributed by atoms with Crippen LogP contribution in [0.4, 0.5) is 0 Å². The standard InChI is InChI=1S/C15H17NO3/c1-9-12(14(17)18)13(19-16-9)10-5-7-11(8-6-10)15(2,3)4/h5-8H,1-4H3,(H,17,18). The molecular formula is C15H17NO3. The lowest BCUT2D eigenvalue weighted by molar-refractivity contribution is 0.0696. The van der Waals surface area contributed by atoms with E-state index in [4.69, 9.17) is 4.52 Å². The van der Waals surface area contributed by atoms with Crippen molar-refractivity contribution in [3.05, 3.63) is 41.1 Å². The molecule has 2 aromatic rings. The van der Waals surface area contributed by atoms with Crippen molar-refractivity contribution in [1.82, 2.24) is 5.16 Å². The number of carboxylic acid groups (broad SMARTS) is 1. The van der Waals surface area contributed by atoms with Gasteiger partial charge in [-0.15, -0.1) is 0 Å². The second kappa shape index (κ2) is 4.53. The fourth-order valence-electron chi connectivity index (χ4n) is 1.94. The monoisotopic (exact) mass is 259 g/mol. The largest absolute Gasteiger partial charge is 0.477 e. The summed E-state index contributed by atoms with van der Waals surface area (Å²) in [5.41, 5.74) is 2.49. The van der Waals surface area contributed by atoms with Crippen LogP contribution in [0.2, 0.25) is 0 Å². The van der Waals surface area contributed by atoms with Gasteiger partial charge in [-0.3, -0.25) is 0 Å². The van der Waals surface area contributed by atoms with Crippen molar-refractivity contribution in [2.75, 3.05) is 0 Å². The highest BCUT2D eigenvalue weighted by atomic mass is 16.5. The van der Waals surface area contributed by atoms with E-state index in [2.05, 4.69) is 25.9 Å². The van der Waals surface area contributed by atoms with Gasteiger partial charge in [-0.2, -0.15) is 0 Å². The molecule has 1 aromatic heterocycles. The zero-order valence-corrected chi connectivity index (χ0v) is 11.5. The summed E-state index contributed by atoms with van der Waals surface area (Å²) in [6, 6.07) is 7.71. The van der Waals surface area contributed by atoms with E-state index in [1.807, 2.05) is 24.3 Å². The smallest absolute Gasteiger partial charge is 0.341 e. The maximum absolute atomic E-state index is 11.2. The lowest BCUT2D eigenvalue weighted by Gasteiger charge is -2.18. The third kappa shape index (κ3) is 2.52. The summed E-state index contributed by atoms with van der Waals surface area (Å²) in [6.07, 6.45) is 0. The summed E-state index contributed by atoms with van der Waals surface area (Å²) in [5.74, 6) is -0.709. The number of aromatic nitrogens is 1. The van der Waals surface area contributed by atoms with Crippen LogP contribution in [0.5, 0.6) is 0 Å². The Bertz CT molecular complexity index is 603. The van der Waals surface area contributed by atoms with Crippen molar-refractivity contribution in [3.63, 3.8) is 0 Å². The van der Waals surface area contributed by atoms with E-state index in [0.29, 0.717) is 11.5 Å². The Hall–Kier alpha value is -2.10. The summed E-state index contributed by atoms with van der Waals surface area (Å²) in [4.78, 5) is 11.2. The number of hydrogen-bond donors (Lipinski definition) is 1. The van der Waals surface area contributed by atoms with Gasteiger partial charge in [0.2, 0.25) is 0 Å². The molecule has 19 heavy (non-hydrogen) atoms. The summed E-state index contributed by atoms with van der Waals surface area (Å²) in [5, 5.41) is 12.9. The summed E-state index contributed by atoms with van der Waals surface area (Å²) >= 11 is 0. The molecule has 100 valence electrons. The number of nitrogens with zero attached hydrogens (tertiary/aromatic N) is 1. The molecule has 4 nitrogen and oxygen atoms in total. The molecule has 0 radical (unpaired) electrons. The first-order chi connectivity index (χ1) is 8.80. The Morgan fingerprint density at radius 2 is 1.79 bits per heavy atom. The van der Waals surface area contributed by atoms with Crippen LogP contribution < -0.4 is 0 Å². The Morgan fingerprint density at radius 3 is 2.26 bits per heavy atom. The van der Waals surface area contributed by atoms with Gasteiger partial charge < -0.3 is 9.63 Å². The van der Waals surface area contributed by atoms with Gasteiger partial charge in [-0.1, -0.05) is 50.2 Å². The van der Waals surface area contributed by atoms with E-state index >= 15 is 0 Å². The second-order valence-corrected chi connectivity index (χ2v) is 5.60. The first-order valence-electron chi connectivity index (χ1n) is 6.11. The van der Waals surface area contributed by atoms with Crippen molar-refractivity contribution < 1.29 is 14.4 Å². The highest BCUT2D eigenvalue weighted by molar-refractivity contribution is 5.95. The maximum atomic E-state index is 11.2. The zero-order valence-electron chi connectivity index (χ0n) is 11.5. The highest BCUT2D eigenvalue weighted by Crippen LogP contribution is 2.29. The molecule has 0 atom stereocenters. The summed E-state index contributed by atoms with van der Waals surface area (Å²) in [6.45, 7) is 8.01. The third-order valence-electron chi connectivity index (χ3n) is 3.09. The predicted molar refractivity (Wildman–Crippen MR) is 72.3 cm³/mol. The first-order valence-corrected chi connectivity index (χ1v) is 6.11. The lowest BCUT2D eigenvalue weighted by Crippen LogP contribution is -2.10. The molecule has 2 rings (SSSR count). The molecule has 1 heterocycles. The van der Waals surface area contributed by atoms with Gasteiger partial charge in [0, 0.05) is 5.56 Å². The molecule has 1 N–H and O–H groups in total. The lowest BCUT2D eigenvalue weighted by atomic mass is 9.86. The molecule has 0 saturated heterocycles. The Labute approximate surface area is 112 Å². The Balaban J connectivity index is 2.46. The van der Waals surface area contributed by atoms with Crippen molar-refractivity contribution in [2.24, 2.45) is 0 Å². The van der Waals surface area contributed by atoms with Gasteiger partial charge in [0.25, 0.3) is 0 Å². The van der Waals surface area contributed by atoms with Gasteiger partial charge in [0.1, 0.15) is 5.56 Å². The molecule has 0 saturated carbocycles. The molecular weight excluding hydrogens is 242 g/mol. The fraction of sp³-hybridized carbons (Fsp3) is 0.333. The minimum absolute atomic E-state index is 0.0610. The van der Waals surface area contributed by atoms with Crippen LogP contribution in [0.3, 0.4) is 0 Å². The number of carboxylic acids is 1. The van der Waals surface area contributed by atoms with Gasteiger partial charge in [-0.05, 0) is 17.9 Å². The van der Waals surface area contributed by atoms with Crippen LogP contribution in [-0.4, -0.2) is 16.2 Å². The van der Waals surface area contributed by atoms with Crippen molar-refractivity contribution in [3.8, 4) is 11.3 Å². The van der Waals surface area contributed by atoms with E-state index in [-0.39, 0.29) is 11.0 Å². The quantitative estimate of drug-likeness (QED) is 0.894. The minimum atomic E-state index is -1.02. The SMILES string of the molecule is Cc1noc(-c2ccc(C(C)(C)C)cc2)c1C(=O)O. The normalized spacial score (nSPS) is 11.6. The van der Waals surface area contributed by atoms with Crippen molar-refractivity contribution in [2.45, 2.75) is 33.1 Å². The average Bonchev–Trinajstić information content (AvgIpc) is 2.70. The van der Waals surface area contributed by atoms with Crippen LogP contribution in [0, 0.1) is 6.92 Å². The van der Waals surface area contributed by atoms with E-state index < -0.39 is 5.97 Å². The minimum Gasteiger partial charge on any atom is -0.477 e. The highest BCUT2D eigenvalue weighted by Gasteiger charge is 2.21. The van der Waals surface area contributed by atoms with E-state index in [0.717, 1.165) is 5.56 Å². The summed E-state index contributed by atoms with van der Waals surface area (Å²) in [7, 11) is 0. The van der Waals surface area contributed by atoms with Crippen molar-refractivity contribution >= 4 is 5.97 Å². The molecule has 0 aliphatic rings. The van der Waals surface area contributed by atoms with E-state index in [9.17, 15) is 9.90 Å². The number of carbonyl (C=O) groups is 1. The van der Waals surface area contributed by atoms with Crippen LogP contribution in [0.25, 0.3) is 11.3 Å². The summed E-state index contributed by atoms with van der Waals surface area (Å²) < 4.78 is 5.14. The molecule has 0 aliphatic carbocycles. The molecule has 4 heteroatoms. The van der Waals surface area contributed by atoms with Crippen LogP contribution in [-0.2, 0) is 5.41 Å². The van der Waals surface area contributed by atoms with E-state index in [1.54, 1.807) is 6.92 Å². The molecule has 0 spiro atoms. The number of aromatic carboxylic acids is 1. The molecule has 0 bridgehead atoms.